The van der Waals surface area contributed by atoms with Gasteiger partial charge in [0.15, 0.2) is 23.1 Å². The molecule has 4 heterocycles. The van der Waals surface area contributed by atoms with Crippen LogP contribution >= 0.6 is 22.6 Å². The first-order valence-corrected chi connectivity index (χ1v) is 20.4. The Labute approximate surface area is 326 Å². The highest BCUT2D eigenvalue weighted by molar-refractivity contribution is 14.1. The number of Topliss-reactive ketones (excluding diaryl/α,β-unsaturated/α-hetero) is 4. The minimum absolute atomic E-state index is 0.190. The standard InChI is InChI=1S/C44H53IN4O4/c1-9-24-23-46-40(27(24)10-2)34(50)21-35(51)41-30(13-5)28(11-3)38(47-41)25-18-17-19-26(20-25)39-29(12-4)31(14-6)42(48-39)36(52)22-37(53)43-32(15-7)33(16-8)44(45)49-43/h17-20,23,46-49H,9-16,21-22H2,1-8H3. The first-order valence-electron chi connectivity index (χ1n) is 19.3. The zero-order valence-corrected chi connectivity index (χ0v) is 34.6. The Balaban J connectivity index is 1.49. The van der Waals surface area contributed by atoms with E-state index < -0.39 is 0 Å². The number of aromatic amines is 4. The van der Waals surface area contributed by atoms with Gasteiger partial charge in [-0.15, -0.1) is 0 Å². The van der Waals surface area contributed by atoms with Gasteiger partial charge in [0.25, 0.3) is 0 Å². The molecule has 0 aliphatic carbocycles. The summed E-state index contributed by atoms with van der Waals surface area (Å²) in [4.78, 5) is 68.0. The molecule has 5 rings (SSSR count). The molecule has 0 saturated carbocycles. The first-order chi connectivity index (χ1) is 25.5. The fraction of sp³-hybridized carbons (Fsp3) is 0.409. The van der Waals surface area contributed by atoms with Crippen LogP contribution in [0.5, 0.6) is 0 Å². The highest BCUT2D eigenvalue weighted by atomic mass is 127. The summed E-state index contributed by atoms with van der Waals surface area (Å²) in [7, 11) is 0. The van der Waals surface area contributed by atoms with Gasteiger partial charge in [0.2, 0.25) is 0 Å². The number of hydrogen-bond donors (Lipinski definition) is 4. The molecular weight excluding hydrogens is 775 g/mol. The lowest BCUT2D eigenvalue weighted by atomic mass is 9.95. The van der Waals surface area contributed by atoms with Crippen molar-refractivity contribution in [2.24, 2.45) is 0 Å². The third-order valence-corrected chi connectivity index (χ3v) is 11.7. The van der Waals surface area contributed by atoms with E-state index in [1.807, 2.05) is 52.1 Å². The molecule has 280 valence electrons. The van der Waals surface area contributed by atoms with Gasteiger partial charge >= 0.3 is 0 Å². The molecule has 0 amide bonds. The van der Waals surface area contributed by atoms with Gasteiger partial charge in [-0.3, -0.25) is 19.2 Å². The second kappa shape index (κ2) is 17.3. The van der Waals surface area contributed by atoms with Gasteiger partial charge in [0, 0.05) is 17.6 Å². The number of rotatable bonds is 18. The Hall–Kier alpha value is -4.25. The molecule has 0 spiro atoms. The predicted molar refractivity (Wildman–Crippen MR) is 222 cm³/mol. The lowest BCUT2D eigenvalue weighted by Gasteiger charge is -2.08. The van der Waals surface area contributed by atoms with Crippen LogP contribution in [0.3, 0.4) is 0 Å². The summed E-state index contributed by atoms with van der Waals surface area (Å²) in [6.07, 6.45) is 7.29. The van der Waals surface area contributed by atoms with Crippen LogP contribution in [0, 0.1) is 3.70 Å². The molecule has 0 bridgehead atoms. The molecule has 4 N–H and O–H groups in total. The molecule has 5 aromatic rings. The molecule has 0 aliphatic heterocycles. The van der Waals surface area contributed by atoms with Crippen LogP contribution in [0.25, 0.3) is 22.5 Å². The molecule has 4 aromatic heterocycles. The SMILES string of the molecule is CCc1c[nH]c(C(=O)CC(=O)c2[nH]c(-c3cccc(-c4[nH]c(C(=O)CC(=O)c5[nH]c(I)c(CC)c5CC)c(CC)c4CC)c3)c(CC)c2CC)c1CC. The molecule has 9 heteroatoms. The molecule has 1 aromatic carbocycles. The number of benzene rings is 1. The maximum Gasteiger partial charge on any atom is 0.187 e. The molecule has 0 unspecified atom stereocenters. The summed E-state index contributed by atoms with van der Waals surface area (Å²) in [5.41, 5.74) is 13.9. The van der Waals surface area contributed by atoms with Crippen LogP contribution in [0.15, 0.2) is 30.5 Å². The average molecular weight is 829 g/mol. The van der Waals surface area contributed by atoms with Crippen molar-refractivity contribution in [3.63, 3.8) is 0 Å². The topological polar surface area (TPSA) is 131 Å². The molecule has 0 saturated heterocycles. The van der Waals surface area contributed by atoms with Gasteiger partial charge < -0.3 is 19.9 Å². The minimum Gasteiger partial charge on any atom is -0.358 e. The van der Waals surface area contributed by atoms with Crippen LogP contribution in [0.4, 0.5) is 0 Å². The van der Waals surface area contributed by atoms with Crippen molar-refractivity contribution in [2.75, 3.05) is 0 Å². The number of H-pyrrole nitrogens is 4. The van der Waals surface area contributed by atoms with Crippen LogP contribution < -0.4 is 0 Å². The predicted octanol–water partition coefficient (Wildman–Crippen LogP) is 10.3. The summed E-state index contributed by atoms with van der Waals surface area (Å²) in [6.45, 7) is 16.5. The largest absolute Gasteiger partial charge is 0.358 e. The van der Waals surface area contributed by atoms with Gasteiger partial charge in [-0.1, -0.05) is 73.6 Å². The van der Waals surface area contributed by atoms with E-state index in [1.165, 1.54) is 0 Å². The van der Waals surface area contributed by atoms with Crippen LogP contribution in [-0.4, -0.2) is 43.1 Å². The van der Waals surface area contributed by atoms with Crippen LogP contribution in [-0.2, 0) is 51.4 Å². The average Bonchev–Trinajstić information content (AvgIpc) is 3.94. The van der Waals surface area contributed by atoms with E-state index in [4.69, 9.17) is 0 Å². The number of aromatic nitrogens is 4. The number of ketones is 4. The first kappa shape index (κ1) is 39.9. The van der Waals surface area contributed by atoms with E-state index in [9.17, 15) is 19.2 Å². The number of nitrogens with one attached hydrogen (secondary N) is 4. The fourth-order valence-electron chi connectivity index (χ4n) is 8.16. The number of carbonyl (C=O) groups excluding carboxylic acids is 4. The number of carbonyl (C=O) groups is 4. The third kappa shape index (κ3) is 7.59. The van der Waals surface area contributed by atoms with Crippen molar-refractivity contribution in [2.45, 2.75) is 120 Å². The normalized spacial score (nSPS) is 11.4. The molecular formula is C44H53IN4O4. The molecule has 0 atom stereocenters. The Bertz CT molecular complexity index is 2170. The number of halogens is 1. The monoisotopic (exact) mass is 828 g/mol. The highest BCUT2D eigenvalue weighted by Gasteiger charge is 2.28. The molecule has 53 heavy (non-hydrogen) atoms. The quantitative estimate of drug-likeness (QED) is 0.0398. The van der Waals surface area contributed by atoms with Gasteiger partial charge in [-0.05, 0) is 136 Å². The fourth-order valence-corrected chi connectivity index (χ4v) is 9.14. The zero-order chi connectivity index (χ0) is 38.6. The highest BCUT2D eigenvalue weighted by Crippen LogP contribution is 2.36. The van der Waals surface area contributed by atoms with Crippen LogP contribution in [0.1, 0.15) is 155 Å². The van der Waals surface area contributed by atoms with E-state index >= 15 is 0 Å². The van der Waals surface area contributed by atoms with Crippen molar-refractivity contribution >= 4 is 45.7 Å². The van der Waals surface area contributed by atoms with E-state index in [1.54, 1.807) is 0 Å². The Morgan fingerprint density at radius 1 is 0.491 bits per heavy atom. The van der Waals surface area contributed by atoms with Crippen molar-refractivity contribution in [1.29, 1.82) is 0 Å². The zero-order valence-electron chi connectivity index (χ0n) is 32.5. The van der Waals surface area contributed by atoms with Gasteiger partial charge in [-0.25, -0.2) is 0 Å². The van der Waals surface area contributed by atoms with Gasteiger partial charge in [0.05, 0.1) is 39.3 Å². The molecule has 0 fully saturated rings. The third-order valence-electron chi connectivity index (χ3n) is 10.7. The molecule has 0 radical (unpaired) electrons. The minimum atomic E-state index is -0.215. The second-order valence-corrected chi connectivity index (χ2v) is 14.6. The second-order valence-electron chi connectivity index (χ2n) is 13.6. The summed E-state index contributed by atoms with van der Waals surface area (Å²) < 4.78 is 0.958. The lowest BCUT2D eigenvalue weighted by Crippen LogP contribution is -2.12. The van der Waals surface area contributed by atoms with Crippen molar-refractivity contribution in [1.82, 2.24) is 19.9 Å². The smallest absolute Gasteiger partial charge is 0.187 e. The summed E-state index contributed by atoms with van der Waals surface area (Å²) >= 11 is 2.24. The van der Waals surface area contributed by atoms with Crippen molar-refractivity contribution in [3.05, 3.63) is 101 Å². The lowest BCUT2D eigenvalue weighted by molar-refractivity contribution is 0.0872. The van der Waals surface area contributed by atoms with E-state index in [2.05, 4.69) is 76.3 Å². The maximum atomic E-state index is 13.9. The Morgan fingerprint density at radius 3 is 1.30 bits per heavy atom. The van der Waals surface area contributed by atoms with Crippen LogP contribution in [0.2, 0.25) is 0 Å². The Morgan fingerprint density at radius 2 is 0.887 bits per heavy atom. The van der Waals surface area contributed by atoms with Crippen molar-refractivity contribution < 1.29 is 19.2 Å². The Kier molecular flexibility index (Phi) is 13.0. The molecule has 0 aliphatic rings. The van der Waals surface area contributed by atoms with Gasteiger partial charge in [-0.2, -0.15) is 0 Å². The summed E-state index contributed by atoms with van der Waals surface area (Å²) in [5, 5.41) is 0. The molecule has 8 nitrogen and oxygen atoms in total. The van der Waals surface area contributed by atoms with E-state index in [-0.39, 0.29) is 36.0 Å². The summed E-state index contributed by atoms with van der Waals surface area (Å²) in [6, 6.07) is 8.14. The number of aryl methyl sites for hydroxylation is 1. The van der Waals surface area contributed by atoms with E-state index in [0.29, 0.717) is 48.5 Å². The number of hydrogen-bond acceptors (Lipinski definition) is 4. The van der Waals surface area contributed by atoms with Gasteiger partial charge in [0.1, 0.15) is 0 Å². The van der Waals surface area contributed by atoms with E-state index in [0.717, 1.165) is 96.4 Å². The maximum absolute atomic E-state index is 13.9. The summed E-state index contributed by atoms with van der Waals surface area (Å²) in [5.74, 6) is -0.813. The van der Waals surface area contributed by atoms with Crippen molar-refractivity contribution in [3.8, 4) is 22.5 Å².